The number of aromatic amines is 1. The van der Waals surface area contributed by atoms with Crippen molar-refractivity contribution in [3.63, 3.8) is 0 Å². The number of amides is 1. The van der Waals surface area contributed by atoms with E-state index in [9.17, 15) is 19.2 Å². The molecule has 0 aliphatic rings. The lowest BCUT2D eigenvalue weighted by Gasteiger charge is -2.21. The minimum Gasteiger partial charge on any atom is -0.464 e. The Morgan fingerprint density at radius 2 is 1.88 bits per heavy atom. The Hall–Kier alpha value is -3.16. The third-order valence-electron chi connectivity index (χ3n) is 3.89. The smallest absolute Gasteiger partial charge is 0.379 e. The Balaban J connectivity index is 2.27. The summed E-state index contributed by atoms with van der Waals surface area (Å²) in [6.45, 7) is 3.34. The zero-order valence-electron chi connectivity index (χ0n) is 14.8. The second-order valence-electron chi connectivity index (χ2n) is 5.64. The van der Waals surface area contributed by atoms with Crippen LogP contribution in [-0.2, 0) is 30.4 Å². The number of nitrogens with one attached hydrogen (secondary N) is 1. The molecule has 1 aromatic heterocycles. The van der Waals surface area contributed by atoms with Crippen molar-refractivity contribution in [1.29, 1.82) is 0 Å². The summed E-state index contributed by atoms with van der Waals surface area (Å²) in [5, 5.41) is 0.571. The molecule has 2 rings (SSSR count). The molecule has 1 aromatic carbocycles. The fourth-order valence-corrected chi connectivity index (χ4v) is 2.59. The Morgan fingerprint density at radius 1 is 1.15 bits per heavy atom. The summed E-state index contributed by atoms with van der Waals surface area (Å²) in [6, 6.07) is 5.26. The van der Waals surface area contributed by atoms with Crippen molar-refractivity contribution in [2.45, 2.75) is 20.4 Å². The fourth-order valence-electron chi connectivity index (χ4n) is 2.59. The van der Waals surface area contributed by atoms with Gasteiger partial charge in [0.05, 0.1) is 24.7 Å². The van der Waals surface area contributed by atoms with Crippen LogP contribution in [0.25, 0.3) is 10.9 Å². The highest BCUT2D eigenvalue weighted by Gasteiger charge is 2.22. The van der Waals surface area contributed by atoms with Crippen LogP contribution in [0, 0.1) is 0 Å². The molecular formula is C18H20N2O6. The van der Waals surface area contributed by atoms with E-state index in [0.29, 0.717) is 10.9 Å². The van der Waals surface area contributed by atoms with Crippen LogP contribution in [0.4, 0.5) is 0 Å². The lowest BCUT2D eigenvalue weighted by molar-refractivity contribution is -0.143. The van der Waals surface area contributed by atoms with E-state index in [1.807, 2.05) is 6.07 Å². The highest BCUT2D eigenvalue weighted by Crippen LogP contribution is 2.23. The fraction of sp³-hybridized carbons (Fsp3) is 0.333. The van der Waals surface area contributed by atoms with Crippen molar-refractivity contribution < 1.29 is 28.7 Å². The molecule has 0 aliphatic heterocycles. The molecule has 138 valence electrons. The summed E-state index contributed by atoms with van der Waals surface area (Å²) in [4.78, 5) is 50.8. The first-order valence-electron chi connectivity index (χ1n) is 7.95. The molecule has 1 N–H and O–H groups in total. The van der Waals surface area contributed by atoms with Crippen molar-refractivity contribution in [1.82, 2.24) is 9.88 Å². The molecule has 0 atom stereocenters. The molecule has 1 amide bonds. The van der Waals surface area contributed by atoms with Gasteiger partial charge in [0.15, 0.2) is 0 Å². The van der Waals surface area contributed by atoms with Crippen molar-refractivity contribution in [3.8, 4) is 0 Å². The molecule has 26 heavy (non-hydrogen) atoms. The summed E-state index contributed by atoms with van der Waals surface area (Å²) >= 11 is 0. The van der Waals surface area contributed by atoms with Gasteiger partial charge in [-0.25, -0.2) is 4.79 Å². The van der Waals surface area contributed by atoms with Crippen LogP contribution in [0.2, 0.25) is 0 Å². The molecule has 0 bridgehead atoms. The number of methoxy groups -OCH3 is 1. The average Bonchev–Trinajstić information content (AvgIpc) is 3.04. The molecule has 0 radical (unpaired) electrons. The lowest BCUT2D eigenvalue weighted by atomic mass is 10.1. The van der Waals surface area contributed by atoms with Gasteiger partial charge in [0.1, 0.15) is 6.61 Å². The number of H-pyrrole nitrogens is 1. The second kappa shape index (κ2) is 8.28. The largest absolute Gasteiger partial charge is 0.464 e. The SMILES string of the molecule is COC(=O)C(=O)c1c[nH]c2c(CN(CCOC(C)=O)C(C)=O)cccc12. The van der Waals surface area contributed by atoms with Gasteiger partial charge in [-0.1, -0.05) is 18.2 Å². The first kappa shape index (κ1) is 19.2. The number of aromatic nitrogens is 1. The van der Waals surface area contributed by atoms with E-state index in [2.05, 4.69) is 9.72 Å². The Labute approximate surface area is 150 Å². The monoisotopic (exact) mass is 360 g/mol. The lowest BCUT2D eigenvalue weighted by Crippen LogP contribution is -2.32. The van der Waals surface area contributed by atoms with Crippen molar-refractivity contribution in [2.75, 3.05) is 20.3 Å². The van der Waals surface area contributed by atoms with Crippen LogP contribution in [0.1, 0.15) is 29.8 Å². The second-order valence-corrected chi connectivity index (χ2v) is 5.64. The highest BCUT2D eigenvalue weighted by atomic mass is 16.5. The number of hydrogen-bond acceptors (Lipinski definition) is 6. The quantitative estimate of drug-likeness (QED) is 0.455. The molecule has 0 saturated carbocycles. The van der Waals surface area contributed by atoms with Gasteiger partial charge in [-0.2, -0.15) is 0 Å². The standard InChI is InChI=1S/C18H20N2O6/c1-11(21)20(7-8-26-12(2)22)10-13-5-4-6-14-15(9-19-16(13)14)17(23)18(24)25-3/h4-6,9,19H,7-8,10H2,1-3H3. The summed E-state index contributed by atoms with van der Waals surface area (Å²) < 4.78 is 9.36. The molecular weight excluding hydrogens is 340 g/mol. The minimum atomic E-state index is -0.942. The number of carbonyl (C=O) groups is 4. The first-order valence-corrected chi connectivity index (χ1v) is 7.95. The number of para-hydroxylation sites is 1. The third kappa shape index (κ3) is 4.27. The van der Waals surface area contributed by atoms with Gasteiger partial charge in [-0.15, -0.1) is 0 Å². The maximum absolute atomic E-state index is 12.1. The molecule has 0 fully saturated rings. The number of ketones is 1. The van der Waals surface area contributed by atoms with Crippen LogP contribution in [0.3, 0.4) is 0 Å². The highest BCUT2D eigenvalue weighted by molar-refractivity contribution is 6.43. The van der Waals surface area contributed by atoms with Crippen molar-refractivity contribution >= 4 is 34.5 Å². The molecule has 2 aromatic rings. The van der Waals surface area contributed by atoms with Crippen LogP contribution in [-0.4, -0.2) is 53.8 Å². The van der Waals surface area contributed by atoms with Crippen molar-refractivity contribution in [3.05, 3.63) is 35.5 Å². The molecule has 0 aliphatic carbocycles. The predicted octanol–water partition coefficient (Wildman–Crippen LogP) is 1.44. The maximum Gasteiger partial charge on any atom is 0.379 e. The number of hydrogen-bond donors (Lipinski definition) is 1. The molecule has 0 saturated heterocycles. The van der Waals surface area contributed by atoms with Crippen LogP contribution >= 0.6 is 0 Å². The number of carbonyl (C=O) groups excluding carboxylic acids is 4. The number of fused-ring (bicyclic) bond motifs is 1. The summed E-state index contributed by atoms with van der Waals surface area (Å²) in [7, 11) is 1.15. The molecule has 8 heteroatoms. The number of ether oxygens (including phenoxy) is 2. The van der Waals surface area contributed by atoms with Gasteiger partial charge in [0, 0.05) is 32.0 Å². The summed E-state index contributed by atoms with van der Waals surface area (Å²) in [6.07, 6.45) is 1.45. The van der Waals surface area contributed by atoms with E-state index in [-0.39, 0.29) is 31.2 Å². The zero-order chi connectivity index (χ0) is 19.3. The summed E-state index contributed by atoms with van der Waals surface area (Å²) in [5.41, 5.74) is 1.63. The Morgan fingerprint density at radius 3 is 2.50 bits per heavy atom. The molecule has 8 nitrogen and oxygen atoms in total. The van der Waals surface area contributed by atoms with Gasteiger partial charge in [-0.3, -0.25) is 14.4 Å². The van der Waals surface area contributed by atoms with E-state index < -0.39 is 17.7 Å². The maximum atomic E-state index is 12.1. The Kier molecular flexibility index (Phi) is 6.11. The van der Waals surface area contributed by atoms with Gasteiger partial charge in [0.2, 0.25) is 5.91 Å². The number of esters is 2. The van der Waals surface area contributed by atoms with Gasteiger partial charge >= 0.3 is 11.9 Å². The van der Waals surface area contributed by atoms with E-state index >= 15 is 0 Å². The van der Waals surface area contributed by atoms with E-state index in [1.165, 1.54) is 24.9 Å². The van der Waals surface area contributed by atoms with Gasteiger partial charge in [-0.05, 0) is 5.56 Å². The van der Waals surface area contributed by atoms with Gasteiger partial charge in [0.25, 0.3) is 5.78 Å². The van der Waals surface area contributed by atoms with E-state index in [4.69, 9.17) is 4.74 Å². The number of rotatable bonds is 7. The Bertz CT molecular complexity index is 854. The van der Waals surface area contributed by atoms with Crippen molar-refractivity contribution in [2.24, 2.45) is 0 Å². The molecule has 1 heterocycles. The predicted molar refractivity (Wildman–Crippen MR) is 92.4 cm³/mol. The van der Waals surface area contributed by atoms with Gasteiger partial charge < -0.3 is 19.4 Å². The van der Waals surface area contributed by atoms with Crippen LogP contribution in [0.5, 0.6) is 0 Å². The van der Waals surface area contributed by atoms with Crippen LogP contribution in [0.15, 0.2) is 24.4 Å². The van der Waals surface area contributed by atoms with Crippen LogP contribution < -0.4 is 0 Å². The summed E-state index contributed by atoms with van der Waals surface area (Å²) in [5.74, 6) is -2.27. The third-order valence-corrected chi connectivity index (χ3v) is 3.89. The minimum absolute atomic E-state index is 0.0989. The van der Waals surface area contributed by atoms with E-state index in [0.717, 1.165) is 12.7 Å². The average molecular weight is 360 g/mol. The number of benzene rings is 1. The number of Topliss-reactive ketones (excluding diaryl/α,β-unsaturated/α-hetero) is 1. The molecule has 0 spiro atoms. The van der Waals surface area contributed by atoms with E-state index in [1.54, 1.807) is 12.1 Å². The number of nitrogens with zero attached hydrogens (tertiary/aromatic N) is 1. The topological polar surface area (TPSA) is 106 Å². The molecule has 0 unspecified atom stereocenters. The normalized spacial score (nSPS) is 10.4. The zero-order valence-corrected chi connectivity index (χ0v) is 14.8. The first-order chi connectivity index (χ1) is 12.3.